The molecule has 162 valence electrons. The Bertz CT molecular complexity index is 883. The molecule has 0 saturated carbocycles. The van der Waals surface area contributed by atoms with E-state index in [-0.39, 0.29) is 30.3 Å². The highest BCUT2D eigenvalue weighted by Gasteiger charge is 2.27. The maximum absolute atomic E-state index is 13.8. The number of hydrogen-bond donors (Lipinski definition) is 1. The number of oxazole rings is 1. The van der Waals surface area contributed by atoms with Crippen LogP contribution in [-0.2, 0) is 16.0 Å². The Balaban J connectivity index is 1.42. The smallest absolute Gasteiger partial charge is 0.410 e. The highest BCUT2D eigenvalue weighted by Crippen LogP contribution is 2.23. The SMILES string of the molecule is CC(C)(C)OC(=O)N1CCC(NC(=O)CCc2ncc(-c3ccccc3F)o2)CC1. The van der Waals surface area contributed by atoms with Gasteiger partial charge in [-0.15, -0.1) is 0 Å². The first-order valence-corrected chi connectivity index (χ1v) is 10.2. The van der Waals surface area contributed by atoms with Gasteiger partial charge in [0.1, 0.15) is 11.4 Å². The first kappa shape index (κ1) is 21.8. The number of piperidine rings is 1. The Morgan fingerprint density at radius 3 is 2.63 bits per heavy atom. The molecule has 1 aliphatic rings. The summed E-state index contributed by atoms with van der Waals surface area (Å²) in [4.78, 5) is 30.2. The lowest BCUT2D eigenvalue weighted by Crippen LogP contribution is -2.47. The second-order valence-electron chi connectivity index (χ2n) is 8.41. The van der Waals surface area contributed by atoms with Gasteiger partial charge in [-0.1, -0.05) is 12.1 Å². The maximum Gasteiger partial charge on any atom is 0.410 e. The summed E-state index contributed by atoms with van der Waals surface area (Å²) in [6, 6.07) is 6.34. The summed E-state index contributed by atoms with van der Waals surface area (Å²) in [5.74, 6) is 0.258. The Morgan fingerprint density at radius 1 is 1.27 bits per heavy atom. The van der Waals surface area contributed by atoms with E-state index in [9.17, 15) is 14.0 Å². The lowest BCUT2D eigenvalue weighted by atomic mass is 10.1. The van der Waals surface area contributed by atoms with Crippen molar-refractivity contribution >= 4 is 12.0 Å². The summed E-state index contributed by atoms with van der Waals surface area (Å²) in [6.07, 6.45) is 3.07. The molecule has 8 heteroatoms. The fourth-order valence-electron chi connectivity index (χ4n) is 3.26. The number of hydrogen-bond acceptors (Lipinski definition) is 5. The molecule has 2 amide bonds. The molecule has 0 bridgehead atoms. The number of benzene rings is 1. The number of carbonyl (C=O) groups is 2. The normalized spacial score (nSPS) is 15.1. The van der Waals surface area contributed by atoms with E-state index in [1.165, 1.54) is 12.3 Å². The van der Waals surface area contributed by atoms with Gasteiger partial charge in [-0.2, -0.15) is 0 Å². The van der Waals surface area contributed by atoms with Crippen LogP contribution in [0.1, 0.15) is 45.9 Å². The lowest BCUT2D eigenvalue weighted by molar-refractivity contribution is -0.122. The number of amides is 2. The van der Waals surface area contributed by atoms with Crippen molar-refractivity contribution in [1.82, 2.24) is 15.2 Å². The molecule has 3 rings (SSSR count). The van der Waals surface area contributed by atoms with Crippen LogP contribution in [0.25, 0.3) is 11.3 Å². The molecule has 1 aromatic heterocycles. The number of nitrogens with one attached hydrogen (secondary N) is 1. The van der Waals surface area contributed by atoms with Crippen LogP contribution in [0.2, 0.25) is 0 Å². The molecular weight excluding hydrogens is 389 g/mol. The number of aryl methyl sites for hydroxylation is 1. The number of rotatable bonds is 5. The molecule has 0 radical (unpaired) electrons. The largest absolute Gasteiger partial charge is 0.444 e. The third-order valence-electron chi connectivity index (χ3n) is 4.77. The van der Waals surface area contributed by atoms with Crippen molar-refractivity contribution in [3.8, 4) is 11.3 Å². The van der Waals surface area contributed by atoms with E-state index in [0.29, 0.717) is 49.6 Å². The average molecular weight is 417 g/mol. The Morgan fingerprint density at radius 2 is 1.97 bits per heavy atom. The standard InChI is InChI=1S/C22H28FN3O4/c1-22(2,3)30-21(28)26-12-10-15(11-13-26)25-19(27)8-9-20-24-14-18(29-20)16-6-4-5-7-17(16)23/h4-7,14-15H,8-13H2,1-3H3,(H,25,27). The fourth-order valence-corrected chi connectivity index (χ4v) is 3.26. The Kier molecular flexibility index (Phi) is 6.74. The number of likely N-dealkylation sites (tertiary alicyclic amines) is 1. The zero-order valence-corrected chi connectivity index (χ0v) is 17.6. The molecule has 0 atom stereocenters. The molecule has 30 heavy (non-hydrogen) atoms. The first-order chi connectivity index (χ1) is 14.2. The van der Waals surface area contributed by atoms with E-state index in [1.807, 2.05) is 20.8 Å². The number of nitrogens with zero attached hydrogens (tertiary/aromatic N) is 2. The molecule has 0 unspecified atom stereocenters. The molecule has 0 aliphatic carbocycles. The lowest BCUT2D eigenvalue weighted by Gasteiger charge is -2.33. The second-order valence-corrected chi connectivity index (χ2v) is 8.41. The third kappa shape index (κ3) is 6.05. The summed E-state index contributed by atoms with van der Waals surface area (Å²) < 4.78 is 24.8. The number of aromatic nitrogens is 1. The average Bonchev–Trinajstić information content (AvgIpc) is 3.15. The molecular formula is C22H28FN3O4. The first-order valence-electron chi connectivity index (χ1n) is 10.2. The van der Waals surface area contributed by atoms with Gasteiger partial charge >= 0.3 is 6.09 Å². The van der Waals surface area contributed by atoms with Crippen LogP contribution >= 0.6 is 0 Å². The van der Waals surface area contributed by atoms with Crippen LogP contribution in [0.5, 0.6) is 0 Å². The van der Waals surface area contributed by atoms with E-state index in [2.05, 4.69) is 10.3 Å². The molecule has 1 aliphatic heterocycles. The van der Waals surface area contributed by atoms with E-state index in [1.54, 1.807) is 23.1 Å². The summed E-state index contributed by atoms with van der Waals surface area (Å²) >= 11 is 0. The van der Waals surface area contributed by atoms with Gasteiger partial charge in [-0.25, -0.2) is 14.2 Å². The van der Waals surface area contributed by atoms with Gasteiger partial charge in [0.25, 0.3) is 0 Å². The van der Waals surface area contributed by atoms with Gasteiger partial charge in [0.2, 0.25) is 5.91 Å². The van der Waals surface area contributed by atoms with Crippen molar-refractivity contribution < 1.29 is 23.1 Å². The predicted molar refractivity (Wildman–Crippen MR) is 109 cm³/mol. The molecule has 2 aromatic rings. The Labute approximate surface area is 175 Å². The molecule has 1 saturated heterocycles. The molecule has 1 fully saturated rings. The Hall–Kier alpha value is -2.90. The van der Waals surface area contributed by atoms with Gasteiger partial charge in [0, 0.05) is 32.0 Å². The van der Waals surface area contributed by atoms with Crippen molar-refractivity contribution in [2.24, 2.45) is 0 Å². The minimum absolute atomic E-state index is 0.0229. The van der Waals surface area contributed by atoms with Crippen molar-refractivity contribution in [3.05, 3.63) is 42.2 Å². The highest BCUT2D eigenvalue weighted by molar-refractivity contribution is 5.76. The summed E-state index contributed by atoms with van der Waals surface area (Å²) in [6.45, 7) is 6.61. The minimum Gasteiger partial charge on any atom is -0.444 e. The van der Waals surface area contributed by atoms with Crippen molar-refractivity contribution in [1.29, 1.82) is 0 Å². The van der Waals surface area contributed by atoms with Crippen molar-refractivity contribution in [2.75, 3.05) is 13.1 Å². The van der Waals surface area contributed by atoms with Crippen LogP contribution in [0.4, 0.5) is 9.18 Å². The maximum atomic E-state index is 13.8. The van der Waals surface area contributed by atoms with Crippen LogP contribution in [0.3, 0.4) is 0 Å². The van der Waals surface area contributed by atoms with Crippen LogP contribution in [0, 0.1) is 5.82 Å². The molecule has 0 spiro atoms. The van der Waals surface area contributed by atoms with Gasteiger partial charge < -0.3 is 19.4 Å². The van der Waals surface area contributed by atoms with Gasteiger partial charge in [-0.3, -0.25) is 4.79 Å². The van der Waals surface area contributed by atoms with Crippen molar-refractivity contribution in [3.63, 3.8) is 0 Å². The summed E-state index contributed by atoms with van der Waals surface area (Å²) in [5.41, 5.74) is -0.175. The number of halogens is 1. The van der Waals surface area contributed by atoms with E-state index in [4.69, 9.17) is 9.15 Å². The van der Waals surface area contributed by atoms with Gasteiger partial charge in [0.15, 0.2) is 11.7 Å². The van der Waals surface area contributed by atoms with Gasteiger partial charge in [0.05, 0.1) is 11.8 Å². The zero-order valence-electron chi connectivity index (χ0n) is 17.6. The van der Waals surface area contributed by atoms with Crippen molar-refractivity contribution in [2.45, 2.75) is 58.1 Å². The topological polar surface area (TPSA) is 84.7 Å². The van der Waals surface area contributed by atoms with Gasteiger partial charge in [-0.05, 0) is 45.7 Å². The monoisotopic (exact) mass is 417 g/mol. The third-order valence-corrected chi connectivity index (χ3v) is 4.77. The molecule has 1 N–H and O–H groups in total. The second kappa shape index (κ2) is 9.28. The highest BCUT2D eigenvalue weighted by atomic mass is 19.1. The van der Waals surface area contributed by atoms with E-state index >= 15 is 0 Å². The quantitative estimate of drug-likeness (QED) is 0.797. The molecule has 7 nitrogen and oxygen atoms in total. The van der Waals surface area contributed by atoms with E-state index in [0.717, 1.165) is 0 Å². The fraction of sp³-hybridized carbons (Fsp3) is 0.500. The predicted octanol–water partition coefficient (Wildman–Crippen LogP) is 3.93. The number of carbonyl (C=O) groups excluding carboxylic acids is 2. The molecule has 2 heterocycles. The summed E-state index contributed by atoms with van der Waals surface area (Å²) in [5, 5.41) is 3.00. The summed E-state index contributed by atoms with van der Waals surface area (Å²) in [7, 11) is 0. The number of ether oxygens (including phenoxy) is 1. The van der Waals surface area contributed by atoms with E-state index < -0.39 is 5.60 Å². The zero-order chi connectivity index (χ0) is 21.7. The van der Waals surface area contributed by atoms with Crippen LogP contribution in [0.15, 0.2) is 34.9 Å². The molecule has 1 aromatic carbocycles. The minimum atomic E-state index is -0.520. The van der Waals surface area contributed by atoms with Crippen LogP contribution in [-0.4, -0.2) is 46.6 Å². The van der Waals surface area contributed by atoms with Crippen LogP contribution < -0.4 is 5.32 Å².